The van der Waals surface area contributed by atoms with Crippen molar-refractivity contribution in [3.05, 3.63) is 23.2 Å². The first-order valence-electron chi connectivity index (χ1n) is 7.54. The van der Waals surface area contributed by atoms with Gasteiger partial charge in [0.2, 0.25) is 5.76 Å². The third-order valence-electron chi connectivity index (χ3n) is 5.04. The van der Waals surface area contributed by atoms with Gasteiger partial charge in [0.15, 0.2) is 0 Å². The summed E-state index contributed by atoms with van der Waals surface area (Å²) in [6, 6.07) is 1.67. The van der Waals surface area contributed by atoms with Gasteiger partial charge in [-0.2, -0.15) is 0 Å². The Morgan fingerprint density at radius 2 is 1.95 bits per heavy atom. The summed E-state index contributed by atoms with van der Waals surface area (Å²) < 4.78 is 5.27. The molecule has 4 heteroatoms. The van der Waals surface area contributed by atoms with Crippen molar-refractivity contribution < 1.29 is 14.3 Å². The Morgan fingerprint density at radius 3 is 2.40 bits per heavy atom. The predicted octanol–water partition coefficient (Wildman–Crippen LogP) is 3.69. The monoisotopic (exact) mass is 279 g/mol. The Morgan fingerprint density at radius 1 is 1.35 bits per heavy atom. The number of carboxylic acids is 1. The van der Waals surface area contributed by atoms with Gasteiger partial charge in [-0.3, -0.25) is 4.90 Å². The molecule has 1 aromatic rings. The number of aromatic carboxylic acids is 1. The van der Waals surface area contributed by atoms with Crippen LogP contribution in [0.5, 0.6) is 0 Å². The highest BCUT2D eigenvalue weighted by molar-refractivity contribution is 5.84. The highest BCUT2D eigenvalue weighted by Gasteiger charge is 2.31. The van der Waals surface area contributed by atoms with Gasteiger partial charge in [0, 0.05) is 12.1 Å². The first kappa shape index (κ1) is 15.1. The van der Waals surface area contributed by atoms with E-state index in [9.17, 15) is 4.79 Å². The third-order valence-corrected chi connectivity index (χ3v) is 5.04. The molecule has 0 bridgehead atoms. The van der Waals surface area contributed by atoms with Crippen molar-refractivity contribution >= 4 is 5.97 Å². The molecule has 0 spiro atoms. The minimum Gasteiger partial charge on any atom is -0.475 e. The number of carbonyl (C=O) groups is 1. The van der Waals surface area contributed by atoms with Crippen molar-refractivity contribution in [1.29, 1.82) is 0 Å². The molecule has 0 aromatic carbocycles. The summed E-state index contributed by atoms with van der Waals surface area (Å²) in [5.41, 5.74) is 1.52. The van der Waals surface area contributed by atoms with Crippen LogP contribution < -0.4 is 0 Å². The summed E-state index contributed by atoms with van der Waals surface area (Å²) in [5.74, 6) is -0.217. The van der Waals surface area contributed by atoms with Crippen LogP contribution in [0.15, 0.2) is 10.5 Å². The Hall–Kier alpha value is -1.29. The predicted molar refractivity (Wildman–Crippen MR) is 77.9 cm³/mol. The molecule has 4 nitrogen and oxygen atoms in total. The molecule has 1 aliphatic rings. The first-order chi connectivity index (χ1) is 9.49. The molecule has 0 saturated carbocycles. The number of hydrogen-bond donors (Lipinski definition) is 1. The molecule has 20 heavy (non-hydrogen) atoms. The highest BCUT2D eigenvalue weighted by Crippen LogP contribution is 2.38. The topological polar surface area (TPSA) is 53.7 Å². The van der Waals surface area contributed by atoms with Crippen LogP contribution in [0.25, 0.3) is 0 Å². The molecule has 1 aromatic heterocycles. The molecule has 0 amide bonds. The second kappa shape index (κ2) is 6.00. The number of aryl methyl sites for hydroxylation is 1. The molecule has 2 rings (SSSR count). The zero-order chi connectivity index (χ0) is 14.8. The Bertz CT molecular complexity index is 464. The van der Waals surface area contributed by atoms with Crippen LogP contribution in [-0.4, -0.2) is 29.1 Å². The summed E-state index contributed by atoms with van der Waals surface area (Å²) in [5, 5.41) is 8.95. The van der Waals surface area contributed by atoms with Gasteiger partial charge in [-0.25, -0.2) is 4.79 Å². The molecule has 0 radical (unpaired) electrons. The van der Waals surface area contributed by atoms with Crippen molar-refractivity contribution in [3.63, 3.8) is 0 Å². The summed E-state index contributed by atoms with van der Waals surface area (Å²) in [6.07, 6.45) is 4.99. The molecule has 0 aliphatic carbocycles. The number of rotatable bonds is 5. The molecule has 1 aliphatic heterocycles. The van der Waals surface area contributed by atoms with Crippen molar-refractivity contribution in [1.82, 2.24) is 4.90 Å². The maximum atomic E-state index is 10.9. The van der Waals surface area contributed by atoms with Gasteiger partial charge >= 0.3 is 5.97 Å². The molecule has 1 fully saturated rings. The number of likely N-dealkylation sites (tertiary alicyclic amines) is 1. The highest BCUT2D eigenvalue weighted by atomic mass is 16.4. The SMILES string of the molecule is CCC1(CC)CCN(Cc2cc(C(=O)O)oc2C)CC1. The lowest BCUT2D eigenvalue weighted by atomic mass is 9.74. The van der Waals surface area contributed by atoms with E-state index in [1.54, 1.807) is 6.07 Å². The van der Waals surface area contributed by atoms with Gasteiger partial charge in [0.05, 0.1) is 0 Å². The van der Waals surface area contributed by atoms with Crippen LogP contribution in [0, 0.1) is 12.3 Å². The molecule has 0 unspecified atom stereocenters. The Balaban J connectivity index is 1.97. The smallest absolute Gasteiger partial charge is 0.371 e. The second-order valence-corrected chi connectivity index (χ2v) is 5.98. The number of furan rings is 1. The van der Waals surface area contributed by atoms with Gasteiger partial charge in [-0.05, 0) is 44.3 Å². The van der Waals surface area contributed by atoms with Crippen LogP contribution in [0.3, 0.4) is 0 Å². The summed E-state index contributed by atoms with van der Waals surface area (Å²) in [6.45, 7) is 9.40. The second-order valence-electron chi connectivity index (χ2n) is 5.98. The molecule has 112 valence electrons. The standard InChI is InChI=1S/C16H25NO3/c1-4-16(5-2)6-8-17(9-7-16)11-13-10-14(15(18)19)20-12(13)3/h10H,4-9,11H2,1-3H3,(H,18,19). The number of carboxylic acid groups (broad SMARTS) is 1. The van der Waals surface area contributed by atoms with E-state index in [0.717, 1.165) is 31.0 Å². The van der Waals surface area contributed by atoms with E-state index in [4.69, 9.17) is 9.52 Å². The van der Waals surface area contributed by atoms with E-state index in [2.05, 4.69) is 18.7 Å². The van der Waals surface area contributed by atoms with E-state index in [-0.39, 0.29) is 5.76 Å². The van der Waals surface area contributed by atoms with Gasteiger partial charge in [-0.15, -0.1) is 0 Å². The lowest BCUT2D eigenvalue weighted by molar-refractivity contribution is 0.0661. The zero-order valence-electron chi connectivity index (χ0n) is 12.7. The van der Waals surface area contributed by atoms with E-state index in [1.165, 1.54) is 25.7 Å². The van der Waals surface area contributed by atoms with Crippen LogP contribution in [0.4, 0.5) is 0 Å². The van der Waals surface area contributed by atoms with Gasteiger partial charge in [0.1, 0.15) is 5.76 Å². The molecular weight excluding hydrogens is 254 g/mol. The fourth-order valence-electron chi connectivity index (χ4n) is 3.17. The van der Waals surface area contributed by atoms with Crippen molar-refractivity contribution in [2.45, 2.75) is 53.0 Å². The van der Waals surface area contributed by atoms with Crippen molar-refractivity contribution in [2.24, 2.45) is 5.41 Å². The van der Waals surface area contributed by atoms with Gasteiger partial charge in [-0.1, -0.05) is 26.7 Å². The maximum Gasteiger partial charge on any atom is 0.371 e. The van der Waals surface area contributed by atoms with Crippen LogP contribution in [0.2, 0.25) is 0 Å². The van der Waals surface area contributed by atoms with Crippen LogP contribution in [-0.2, 0) is 6.54 Å². The minimum absolute atomic E-state index is 0.0472. The molecular formula is C16H25NO3. The molecule has 2 heterocycles. The van der Waals surface area contributed by atoms with E-state index in [0.29, 0.717) is 5.41 Å². The summed E-state index contributed by atoms with van der Waals surface area (Å²) in [4.78, 5) is 13.3. The average Bonchev–Trinajstić information content (AvgIpc) is 2.82. The largest absolute Gasteiger partial charge is 0.475 e. The van der Waals surface area contributed by atoms with E-state index < -0.39 is 5.97 Å². The zero-order valence-corrected chi connectivity index (χ0v) is 12.7. The molecule has 1 N–H and O–H groups in total. The maximum absolute atomic E-state index is 10.9. The normalized spacial score (nSPS) is 19.1. The molecule has 1 saturated heterocycles. The lowest BCUT2D eigenvalue weighted by Gasteiger charge is -2.41. The summed E-state index contributed by atoms with van der Waals surface area (Å²) in [7, 11) is 0. The van der Waals surface area contributed by atoms with Crippen LogP contribution >= 0.6 is 0 Å². The minimum atomic E-state index is -0.992. The number of piperidine rings is 1. The van der Waals surface area contributed by atoms with Gasteiger partial charge in [0.25, 0.3) is 0 Å². The van der Waals surface area contributed by atoms with Crippen LogP contribution in [0.1, 0.15) is 61.4 Å². The fourth-order valence-corrected chi connectivity index (χ4v) is 3.17. The third kappa shape index (κ3) is 3.06. The van der Waals surface area contributed by atoms with Crippen molar-refractivity contribution in [2.75, 3.05) is 13.1 Å². The Labute approximate surface area is 120 Å². The number of hydrogen-bond acceptors (Lipinski definition) is 3. The first-order valence-corrected chi connectivity index (χ1v) is 7.54. The van der Waals surface area contributed by atoms with Crippen molar-refractivity contribution in [3.8, 4) is 0 Å². The number of nitrogens with zero attached hydrogens (tertiary/aromatic N) is 1. The summed E-state index contributed by atoms with van der Waals surface area (Å²) >= 11 is 0. The average molecular weight is 279 g/mol. The fraction of sp³-hybridized carbons (Fsp3) is 0.688. The Kier molecular flexibility index (Phi) is 4.53. The lowest BCUT2D eigenvalue weighted by Crippen LogP contribution is -2.39. The molecule has 0 atom stereocenters. The van der Waals surface area contributed by atoms with E-state index >= 15 is 0 Å². The quantitative estimate of drug-likeness (QED) is 0.893. The van der Waals surface area contributed by atoms with Gasteiger partial charge < -0.3 is 9.52 Å². The van der Waals surface area contributed by atoms with E-state index in [1.807, 2.05) is 6.92 Å².